The molecule has 0 aromatic heterocycles. The van der Waals surface area contributed by atoms with Gasteiger partial charge in [0.25, 0.3) is 0 Å². The van der Waals surface area contributed by atoms with Crippen molar-refractivity contribution in [3.05, 3.63) is 107 Å². The molecule has 0 unspecified atom stereocenters. The molecule has 0 atom stereocenters. The number of rotatable bonds is 2. The first-order valence-electron chi connectivity index (χ1n) is 8.11. The number of fused-ring (bicyclic) bond motifs is 1. The first-order valence-corrected chi connectivity index (χ1v) is 8.11. The van der Waals surface area contributed by atoms with Crippen molar-refractivity contribution in [3.63, 3.8) is 0 Å². The molecule has 1 aliphatic rings. The summed E-state index contributed by atoms with van der Waals surface area (Å²) in [5.41, 5.74) is 5.80. The smallest absolute Gasteiger partial charge is 0.0454 e. The molecule has 0 heteroatoms. The van der Waals surface area contributed by atoms with E-state index in [-0.39, 0.29) is 5.41 Å². The van der Waals surface area contributed by atoms with E-state index >= 15 is 0 Å². The maximum absolute atomic E-state index is 2.33. The van der Waals surface area contributed by atoms with Crippen LogP contribution < -0.4 is 0 Å². The second-order valence-corrected chi connectivity index (χ2v) is 6.15. The lowest BCUT2D eigenvalue weighted by atomic mass is 9.62. The summed E-state index contributed by atoms with van der Waals surface area (Å²) in [5, 5.41) is 0. The van der Waals surface area contributed by atoms with E-state index in [0.29, 0.717) is 0 Å². The minimum atomic E-state index is -0.00262. The third-order valence-corrected chi connectivity index (χ3v) is 5.01. The van der Waals surface area contributed by atoms with Gasteiger partial charge in [-0.3, -0.25) is 0 Å². The predicted molar refractivity (Wildman–Crippen MR) is 92.1 cm³/mol. The van der Waals surface area contributed by atoms with Crippen molar-refractivity contribution in [2.24, 2.45) is 0 Å². The lowest BCUT2D eigenvalue weighted by molar-refractivity contribution is 0.497. The molecule has 3 aromatic rings. The van der Waals surface area contributed by atoms with E-state index in [9.17, 15) is 0 Å². The minimum Gasteiger partial charge on any atom is -0.0622 e. The molecule has 0 radical (unpaired) electrons. The molecule has 1 aliphatic carbocycles. The van der Waals surface area contributed by atoms with E-state index in [1.165, 1.54) is 41.5 Å². The normalized spacial score (nSPS) is 16.0. The van der Waals surface area contributed by atoms with Crippen molar-refractivity contribution < 1.29 is 0 Å². The lowest BCUT2D eigenvalue weighted by Crippen LogP contribution is -2.33. The average Bonchev–Trinajstić information content (AvgIpc) is 2.63. The molecule has 22 heavy (non-hydrogen) atoms. The van der Waals surface area contributed by atoms with E-state index in [0.717, 1.165) is 0 Å². The average molecular weight is 284 g/mol. The molecule has 0 spiro atoms. The maximum atomic E-state index is 2.33. The van der Waals surface area contributed by atoms with Gasteiger partial charge < -0.3 is 0 Å². The standard InChI is InChI=1S/C22H20/c1-3-12-19(13-4-1)22(20-14-5-2-6-15-20)17-9-11-18-10-7-8-16-21(18)22/h1-8,10,12-16H,9,11,17H2. The Morgan fingerprint density at radius 1 is 0.591 bits per heavy atom. The largest absolute Gasteiger partial charge is 0.0622 e. The van der Waals surface area contributed by atoms with Crippen molar-refractivity contribution in [2.45, 2.75) is 24.7 Å². The summed E-state index contributed by atoms with van der Waals surface area (Å²) in [6.45, 7) is 0. The minimum absolute atomic E-state index is 0.00262. The highest BCUT2D eigenvalue weighted by atomic mass is 14.4. The zero-order valence-electron chi connectivity index (χ0n) is 12.7. The Morgan fingerprint density at radius 2 is 1.14 bits per heavy atom. The Balaban J connectivity index is 2.04. The van der Waals surface area contributed by atoms with E-state index in [1.54, 1.807) is 0 Å². The topological polar surface area (TPSA) is 0 Å². The quantitative estimate of drug-likeness (QED) is 0.594. The van der Waals surface area contributed by atoms with Crippen LogP contribution in [0.5, 0.6) is 0 Å². The van der Waals surface area contributed by atoms with Crippen molar-refractivity contribution in [1.29, 1.82) is 0 Å². The van der Waals surface area contributed by atoms with Crippen LogP contribution in [0.25, 0.3) is 0 Å². The highest BCUT2D eigenvalue weighted by molar-refractivity contribution is 5.54. The zero-order valence-corrected chi connectivity index (χ0v) is 12.7. The lowest BCUT2D eigenvalue weighted by Gasteiger charge is -2.40. The fourth-order valence-electron chi connectivity index (χ4n) is 4.05. The van der Waals surface area contributed by atoms with Gasteiger partial charge in [-0.15, -0.1) is 0 Å². The van der Waals surface area contributed by atoms with Crippen LogP contribution >= 0.6 is 0 Å². The summed E-state index contributed by atoms with van der Waals surface area (Å²) >= 11 is 0. The van der Waals surface area contributed by atoms with E-state index in [1.807, 2.05) is 0 Å². The third-order valence-electron chi connectivity index (χ3n) is 5.01. The summed E-state index contributed by atoms with van der Waals surface area (Å²) in [7, 11) is 0. The third kappa shape index (κ3) is 1.99. The first-order chi connectivity index (χ1) is 10.9. The van der Waals surface area contributed by atoms with Gasteiger partial charge >= 0.3 is 0 Å². The predicted octanol–water partition coefficient (Wildman–Crippen LogP) is 5.36. The van der Waals surface area contributed by atoms with Crippen LogP contribution in [-0.2, 0) is 11.8 Å². The summed E-state index contributed by atoms with van der Waals surface area (Å²) in [6.07, 6.45) is 3.61. The molecule has 4 rings (SSSR count). The molecule has 0 amide bonds. The van der Waals surface area contributed by atoms with Gasteiger partial charge in [0, 0.05) is 5.41 Å². The molecule has 3 aromatic carbocycles. The number of aryl methyl sites for hydroxylation is 1. The molecular weight excluding hydrogens is 264 g/mol. The van der Waals surface area contributed by atoms with Gasteiger partial charge in [-0.25, -0.2) is 0 Å². The van der Waals surface area contributed by atoms with Crippen molar-refractivity contribution in [1.82, 2.24) is 0 Å². The molecule has 0 saturated carbocycles. The van der Waals surface area contributed by atoms with Gasteiger partial charge in [-0.1, -0.05) is 84.9 Å². The van der Waals surface area contributed by atoms with Crippen LogP contribution in [0.15, 0.2) is 84.9 Å². The van der Waals surface area contributed by atoms with Crippen LogP contribution in [0.1, 0.15) is 35.1 Å². The van der Waals surface area contributed by atoms with Crippen LogP contribution in [0.4, 0.5) is 0 Å². The molecule has 0 fully saturated rings. The van der Waals surface area contributed by atoms with Gasteiger partial charge in [0.05, 0.1) is 0 Å². The SMILES string of the molecule is c1ccc(C2(c3ccccc3)CCCc3ccccc32)cc1. The fourth-order valence-corrected chi connectivity index (χ4v) is 4.05. The van der Waals surface area contributed by atoms with Gasteiger partial charge in [0.2, 0.25) is 0 Å². The van der Waals surface area contributed by atoms with E-state index in [4.69, 9.17) is 0 Å². The van der Waals surface area contributed by atoms with Gasteiger partial charge in [0.1, 0.15) is 0 Å². The van der Waals surface area contributed by atoms with Crippen molar-refractivity contribution in [2.75, 3.05) is 0 Å². The Kier molecular flexibility index (Phi) is 3.31. The number of hydrogen-bond acceptors (Lipinski definition) is 0. The Morgan fingerprint density at radius 3 is 1.77 bits per heavy atom. The molecule has 108 valence electrons. The highest BCUT2D eigenvalue weighted by Crippen LogP contribution is 2.47. The molecule has 0 N–H and O–H groups in total. The monoisotopic (exact) mass is 284 g/mol. The van der Waals surface area contributed by atoms with Crippen molar-refractivity contribution >= 4 is 0 Å². The molecule has 0 bridgehead atoms. The molecule has 0 nitrogen and oxygen atoms in total. The molecule has 0 heterocycles. The zero-order chi connectivity index (χ0) is 14.8. The first kappa shape index (κ1) is 13.3. The summed E-state index contributed by atoms with van der Waals surface area (Å²) < 4.78 is 0. The molecular formula is C22H20. The summed E-state index contributed by atoms with van der Waals surface area (Å²) in [5.74, 6) is 0. The number of hydrogen-bond donors (Lipinski definition) is 0. The second-order valence-electron chi connectivity index (χ2n) is 6.15. The Hall–Kier alpha value is -2.34. The van der Waals surface area contributed by atoms with Gasteiger partial charge in [-0.2, -0.15) is 0 Å². The Labute approximate surface area is 132 Å². The van der Waals surface area contributed by atoms with Crippen molar-refractivity contribution in [3.8, 4) is 0 Å². The Bertz CT molecular complexity index is 717. The maximum Gasteiger partial charge on any atom is 0.0454 e. The highest BCUT2D eigenvalue weighted by Gasteiger charge is 2.39. The molecule has 0 aliphatic heterocycles. The summed E-state index contributed by atoms with van der Waals surface area (Å²) in [4.78, 5) is 0. The number of benzene rings is 3. The van der Waals surface area contributed by atoms with Crippen LogP contribution in [0.2, 0.25) is 0 Å². The van der Waals surface area contributed by atoms with Gasteiger partial charge in [-0.05, 0) is 41.5 Å². The van der Waals surface area contributed by atoms with Gasteiger partial charge in [0.15, 0.2) is 0 Å². The fraction of sp³-hybridized carbons (Fsp3) is 0.182. The molecule has 0 saturated heterocycles. The van der Waals surface area contributed by atoms with E-state index < -0.39 is 0 Å². The van der Waals surface area contributed by atoms with Crippen LogP contribution in [0, 0.1) is 0 Å². The summed E-state index contributed by atoms with van der Waals surface area (Å²) in [6, 6.07) is 31.0. The van der Waals surface area contributed by atoms with Crippen LogP contribution in [0.3, 0.4) is 0 Å². The van der Waals surface area contributed by atoms with Crippen LogP contribution in [-0.4, -0.2) is 0 Å². The van der Waals surface area contributed by atoms with E-state index in [2.05, 4.69) is 84.9 Å². The second kappa shape index (κ2) is 5.46.